The van der Waals surface area contributed by atoms with E-state index in [4.69, 9.17) is 0 Å². The van der Waals surface area contributed by atoms with Crippen LogP contribution in [0.4, 0.5) is 17.2 Å². The molecule has 3 heterocycles. The van der Waals surface area contributed by atoms with E-state index in [-0.39, 0.29) is 11.8 Å². The van der Waals surface area contributed by atoms with Crippen LogP contribution in [-0.2, 0) is 4.79 Å². The Morgan fingerprint density at radius 1 is 1.08 bits per heavy atom. The van der Waals surface area contributed by atoms with E-state index in [9.17, 15) is 14.9 Å². The molecule has 38 heavy (non-hydrogen) atoms. The van der Waals surface area contributed by atoms with Gasteiger partial charge in [-0.25, -0.2) is 9.97 Å². The first-order chi connectivity index (χ1) is 18.5. The average Bonchev–Trinajstić information content (AvgIpc) is 3.44. The lowest BCUT2D eigenvalue weighted by Gasteiger charge is -2.36. The average molecular weight is 509 g/mol. The van der Waals surface area contributed by atoms with Gasteiger partial charge in [-0.1, -0.05) is 18.2 Å². The third kappa shape index (κ3) is 5.13. The molecule has 0 bridgehead atoms. The summed E-state index contributed by atoms with van der Waals surface area (Å²) in [6.07, 6.45) is 3.31. The van der Waals surface area contributed by atoms with Gasteiger partial charge in [0.05, 0.1) is 16.6 Å². The van der Waals surface area contributed by atoms with Crippen molar-refractivity contribution in [1.29, 1.82) is 5.26 Å². The minimum Gasteiger partial charge on any atom is -0.367 e. The molecule has 0 radical (unpaired) electrons. The summed E-state index contributed by atoms with van der Waals surface area (Å²) >= 11 is 0. The zero-order valence-corrected chi connectivity index (χ0v) is 21.1. The second kappa shape index (κ2) is 11.0. The van der Waals surface area contributed by atoms with Gasteiger partial charge >= 0.3 is 0 Å². The number of anilines is 3. The van der Waals surface area contributed by atoms with E-state index in [2.05, 4.69) is 31.2 Å². The molecule has 1 saturated heterocycles. The normalized spacial score (nSPS) is 13.3. The smallest absolute Gasteiger partial charge is 0.254 e. The number of carbonyl (C=O) groups is 2. The molecule has 1 aliphatic rings. The molecule has 0 unspecified atom stereocenters. The summed E-state index contributed by atoms with van der Waals surface area (Å²) in [5.74, 6) is 0.534. The van der Waals surface area contributed by atoms with Crippen molar-refractivity contribution in [2.45, 2.75) is 6.92 Å². The van der Waals surface area contributed by atoms with Crippen molar-refractivity contribution < 1.29 is 9.59 Å². The number of aromatic amines is 1. The van der Waals surface area contributed by atoms with Crippen molar-refractivity contribution in [3.05, 3.63) is 78.2 Å². The number of para-hydroxylation sites is 1. The van der Waals surface area contributed by atoms with Gasteiger partial charge in [0.25, 0.3) is 5.91 Å². The number of carbonyl (C=O) groups excluding carboxylic acids is 2. The predicted molar refractivity (Wildman–Crippen MR) is 145 cm³/mol. The zero-order chi connectivity index (χ0) is 26.5. The SMILES string of the molecule is CC(=O)NCCN(c1cccc(C(=O)N2CCN(c3ccccc3C#N)CC2)c1)c1ncnc2[nH]ccc12. The number of nitrogens with zero attached hydrogens (tertiary/aromatic N) is 6. The molecule has 5 rings (SSSR count). The summed E-state index contributed by atoms with van der Waals surface area (Å²) in [5, 5.41) is 13.1. The number of hydrogen-bond acceptors (Lipinski definition) is 7. The predicted octanol–water partition coefficient (Wildman–Crippen LogP) is 3.07. The second-order valence-corrected chi connectivity index (χ2v) is 9.03. The Labute approximate surface area is 220 Å². The highest BCUT2D eigenvalue weighted by Gasteiger charge is 2.24. The second-order valence-electron chi connectivity index (χ2n) is 9.03. The fraction of sp³-hybridized carbons (Fsp3) is 0.250. The molecule has 0 spiro atoms. The van der Waals surface area contributed by atoms with Crippen LogP contribution < -0.4 is 15.1 Å². The fourth-order valence-corrected chi connectivity index (χ4v) is 4.76. The maximum atomic E-state index is 13.5. The van der Waals surface area contributed by atoms with Crippen LogP contribution in [0.15, 0.2) is 67.1 Å². The molecule has 1 aliphatic heterocycles. The fourth-order valence-electron chi connectivity index (χ4n) is 4.76. The van der Waals surface area contributed by atoms with Gasteiger partial charge in [0, 0.05) is 63.6 Å². The molecule has 0 saturated carbocycles. The quantitative estimate of drug-likeness (QED) is 0.394. The van der Waals surface area contributed by atoms with Crippen molar-refractivity contribution in [3.8, 4) is 6.07 Å². The largest absolute Gasteiger partial charge is 0.367 e. The Hall–Kier alpha value is -4.91. The number of hydrogen-bond donors (Lipinski definition) is 2. The number of aromatic nitrogens is 3. The Kier molecular flexibility index (Phi) is 7.17. The van der Waals surface area contributed by atoms with Crippen LogP contribution in [-0.4, -0.2) is 70.9 Å². The van der Waals surface area contributed by atoms with Crippen LogP contribution in [0.5, 0.6) is 0 Å². The van der Waals surface area contributed by atoms with E-state index in [0.29, 0.717) is 61.9 Å². The highest BCUT2D eigenvalue weighted by atomic mass is 16.2. The van der Waals surface area contributed by atoms with Crippen LogP contribution in [0.2, 0.25) is 0 Å². The van der Waals surface area contributed by atoms with Crippen LogP contribution in [0.25, 0.3) is 11.0 Å². The molecule has 2 aromatic carbocycles. The minimum atomic E-state index is -0.111. The maximum Gasteiger partial charge on any atom is 0.254 e. The summed E-state index contributed by atoms with van der Waals surface area (Å²) in [7, 11) is 0. The maximum absolute atomic E-state index is 13.5. The van der Waals surface area contributed by atoms with Crippen LogP contribution >= 0.6 is 0 Å². The Morgan fingerprint density at radius 2 is 1.89 bits per heavy atom. The summed E-state index contributed by atoms with van der Waals surface area (Å²) in [5.41, 5.74) is 3.63. The highest BCUT2D eigenvalue weighted by molar-refractivity contribution is 5.96. The van der Waals surface area contributed by atoms with Crippen molar-refractivity contribution >= 4 is 40.0 Å². The van der Waals surface area contributed by atoms with Gasteiger partial charge in [0.1, 0.15) is 23.9 Å². The van der Waals surface area contributed by atoms with Gasteiger partial charge in [-0.3, -0.25) is 9.59 Å². The first kappa shape index (κ1) is 24.8. The number of amides is 2. The molecule has 2 aromatic heterocycles. The Morgan fingerprint density at radius 3 is 2.68 bits per heavy atom. The summed E-state index contributed by atoms with van der Waals surface area (Å²) in [6, 6.07) is 19.2. The number of H-pyrrole nitrogens is 1. The Balaban J connectivity index is 1.36. The van der Waals surface area contributed by atoms with Gasteiger partial charge in [0.2, 0.25) is 5.91 Å². The summed E-state index contributed by atoms with van der Waals surface area (Å²) in [4.78, 5) is 42.9. The van der Waals surface area contributed by atoms with Gasteiger partial charge < -0.3 is 25.0 Å². The summed E-state index contributed by atoms with van der Waals surface area (Å²) in [6.45, 7) is 4.78. The van der Waals surface area contributed by atoms with Crippen molar-refractivity contribution in [2.24, 2.45) is 0 Å². The number of nitriles is 1. The molecule has 192 valence electrons. The molecule has 0 atom stereocenters. The van der Waals surface area contributed by atoms with E-state index in [1.165, 1.54) is 13.3 Å². The lowest BCUT2D eigenvalue weighted by molar-refractivity contribution is -0.118. The molecule has 0 aliphatic carbocycles. The first-order valence-electron chi connectivity index (χ1n) is 12.5. The number of rotatable bonds is 7. The standard InChI is InChI=1S/C28H28N8O2/c1-20(37)30-11-12-36(27-24-9-10-31-26(24)32-19-33-27)23-7-4-6-21(17-23)28(38)35-15-13-34(14-16-35)25-8-3-2-5-22(25)18-29/h2-10,17,19H,11-16H2,1H3,(H,30,37)(H,31,32,33). The molecule has 1 fully saturated rings. The van der Waals surface area contributed by atoms with Crippen molar-refractivity contribution in [3.63, 3.8) is 0 Å². The highest BCUT2D eigenvalue weighted by Crippen LogP contribution is 2.30. The lowest BCUT2D eigenvalue weighted by Crippen LogP contribution is -2.49. The zero-order valence-electron chi connectivity index (χ0n) is 21.1. The molecular weight excluding hydrogens is 480 g/mol. The number of piperazine rings is 1. The molecule has 10 nitrogen and oxygen atoms in total. The molecule has 4 aromatic rings. The minimum absolute atomic E-state index is 0.0450. The van der Waals surface area contributed by atoms with Gasteiger partial charge in [0.15, 0.2) is 0 Å². The van der Waals surface area contributed by atoms with Crippen LogP contribution in [0, 0.1) is 11.3 Å². The monoisotopic (exact) mass is 508 g/mol. The molecule has 2 amide bonds. The Bertz CT molecular complexity index is 1500. The molecular formula is C28H28N8O2. The van der Waals surface area contributed by atoms with E-state index in [1.807, 2.05) is 70.6 Å². The van der Waals surface area contributed by atoms with E-state index < -0.39 is 0 Å². The number of benzene rings is 2. The number of nitrogens with one attached hydrogen (secondary N) is 2. The van der Waals surface area contributed by atoms with Crippen LogP contribution in [0.1, 0.15) is 22.8 Å². The number of fused-ring (bicyclic) bond motifs is 1. The van der Waals surface area contributed by atoms with Gasteiger partial charge in [-0.15, -0.1) is 0 Å². The van der Waals surface area contributed by atoms with Crippen LogP contribution in [0.3, 0.4) is 0 Å². The summed E-state index contributed by atoms with van der Waals surface area (Å²) < 4.78 is 0. The first-order valence-corrected chi connectivity index (χ1v) is 12.5. The third-order valence-corrected chi connectivity index (χ3v) is 6.63. The molecule has 10 heteroatoms. The third-order valence-electron chi connectivity index (χ3n) is 6.63. The van der Waals surface area contributed by atoms with Gasteiger partial charge in [-0.05, 0) is 36.4 Å². The van der Waals surface area contributed by atoms with Crippen molar-refractivity contribution in [2.75, 3.05) is 49.1 Å². The van der Waals surface area contributed by atoms with E-state index in [0.717, 1.165) is 16.8 Å². The van der Waals surface area contributed by atoms with E-state index in [1.54, 1.807) is 0 Å². The lowest BCUT2D eigenvalue weighted by atomic mass is 10.1. The van der Waals surface area contributed by atoms with Gasteiger partial charge in [-0.2, -0.15) is 5.26 Å². The van der Waals surface area contributed by atoms with E-state index >= 15 is 0 Å². The molecule has 2 N–H and O–H groups in total. The topological polar surface area (TPSA) is 121 Å². The van der Waals surface area contributed by atoms with Crippen molar-refractivity contribution in [1.82, 2.24) is 25.2 Å².